The van der Waals surface area contributed by atoms with Crippen LogP contribution in [0.4, 0.5) is 17.3 Å². The second-order valence-corrected chi connectivity index (χ2v) is 9.22. The number of aliphatic hydroxyl groups excluding tert-OH is 1. The number of fused-ring (bicyclic) bond motifs is 1. The van der Waals surface area contributed by atoms with E-state index < -0.39 is 6.10 Å². The number of hydrogen-bond acceptors (Lipinski definition) is 8. The minimum absolute atomic E-state index is 0.119. The highest BCUT2D eigenvalue weighted by Gasteiger charge is 2.31. The van der Waals surface area contributed by atoms with Crippen LogP contribution in [0.2, 0.25) is 0 Å². The zero-order chi connectivity index (χ0) is 24.5. The molecule has 11 heteroatoms. The van der Waals surface area contributed by atoms with Crippen molar-refractivity contribution in [3.05, 3.63) is 46.5 Å². The molecule has 1 amide bonds. The van der Waals surface area contributed by atoms with Crippen molar-refractivity contribution in [2.45, 2.75) is 62.8 Å². The Labute approximate surface area is 202 Å². The number of aromatic nitrogens is 4. The van der Waals surface area contributed by atoms with Crippen LogP contribution in [-0.2, 0) is 4.74 Å². The molecule has 5 rings (SSSR count). The van der Waals surface area contributed by atoms with Gasteiger partial charge in [-0.3, -0.25) is 9.59 Å². The molecule has 0 aliphatic heterocycles. The van der Waals surface area contributed by atoms with E-state index in [2.05, 4.69) is 26.0 Å². The smallest absolute Gasteiger partial charge is 0.274 e. The van der Waals surface area contributed by atoms with E-state index in [1.807, 2.05) is 12.3 Å². The highest BCUT2D eigenvalue weighted by Crippen LogP contribution is 2.29. The third kappa shape index (κ3) is 4.48. The number of hydrogen-bond donors (Lipinski definition) is 4. The Balaban J connectivity index is 1.42. The Bertz CT molecular complexity index is 1280. The minimum Gasteiger partial charge on any atom is -0.391 e. The molecule has 0 unspecified atom stereocenters. The molecule has 11 nitrogen and oxygen atoms in total. The molecule has 2 aliphatic carbocycles. The first kappa shape index (κ1) is 23.3. The molecular weight excluding hydrogens is 450 g/mol. The van der Waals surface area contributed by atoms with E-state index in [9.17, 15) is 14.7 Å². The van der Waals surface area contributed by atoms with Crippen LogP contribution in [0.25, 0.3) is 5.65 Å². The van der Waals surface area contributed by atoms with Crippen molar-refractivity contribution in [3.63, 3.8) is 0 Å². The van der Waals surface area contributed by atoms with Gasteiger partial charge in [0.25, 0.3) is 11.5 Å². The predicted molar refractivity (Wildman–Crippen MR) is 131 cm³/mol. The van der Waals surface area contributed by atoms with Crippen molar-refractivity contribution in [1.29, 1.82) is 0 Å². The third-order valence-electron chi connectivity index (χ3n) is 7.13. The molecule has 2 saturated carbocycles. The second kappa shape index (κ2) is 9.67. The molecule has 2 aliphatic rings. The number of nitrogens with zero attached hydrogens (tertiary/aromatic N) is 4. The molecule has 2 fully saturated rings. The van der Waals surface area contributed by atoms with Crippen LogP contribution >= 0.6 is 0 Å². The number of aliphatic hydroxyl groups is 1. The summed E-state index contributed by atoms with van der Waals surface area (Å²) >= 11 is 0. The molecule has 2 atom stereocenters. The minimum atomic E-state index is -0.524. The van der Waals surface area contributed by atoms with E-state index in [1.165, 1.54) is 10.7 Å². The Hall–Kier alpha value is -3.44. The molecule has 186 valence electrons. The first-order valence-electron chi connectivity index (χ1n) is 12.0. The summed E-state index contributed by atoms with van der Waals surface area (Å²) in [4.78, 5) is 30.7. The topological polar surface area (TPSA) is 135 Å². The van der Waals surface area contributed by atoms with Gasteiger partial charge in [-0.15, -0.1) is 0 Å². The lowest BCUT2D eigenvalue weighted by atomic mass is 9.89. The van der Waals surface area contributed by atoms with Gasteiger partial charge >= 0.3 is 0 Å². The quantitative estimate of drug-likeness (QED) is 0.403. The zero-order valence-electron chi connectivity index (χ0n) is 19.9. The van der Waals surface area contributed by atoms with Gasteiger partial charge in [0.15, 0.2) is 5.65 Å². The van der Waals surface area contributed by atoms with Crippen LogP contribution in [0.5, 0.6) is 0 Å². The highest BCUT2D eigenvalue weighted by molar-refractivity contribution is 6.00. The number of ether oxygens (including phenoxy) is 1. The van der Waals surface area contributed by atoms with E-state index in [-0.39, 0.29) is 29.7 Å². The number of rotatable bonds is 7. The molecule has 0 aromatic carbocycles. The molecule has 0 bridgehead atoms. The van der Waals surface area contributed by atoms with E-state index in [0.29, 0.717) is 35.0 Å². The number of pyridine rings is 1. The SMILES string of the molecule is CNc1cc(Nc2cccn([C@H]3CC[C@@H](OC)CC3)c2=O)nc2c(C(=O)N[C@@H]3CC[C@H]3O)cnn12. The van der Waals surface area contributed by atoms with Crippen molar-refractivity contribution in [2.24, 2.45) is 0 Å². The first-order valence-corrected chi connectivity index (χ1v) is 12.0. The number of anilines is 3. The molecule has 3 aromatic rings. The van der Waals surface area contributed by atoms with Gasteiger partial charge in [-0.1, -0.05) is 0 Å². The summed E-state index contributed by atoms with van der Waals surface area (Å²) in [5, 5.41) is 23.2. The van der Waals surface area contributed by atoms with Gasteiger partial charge in [0, 0.05) is 32.5 Å². The number of nitrogens with one attached hydrogen (secondary N) is 3. The zero-order valence-corrected chi connectivity index (χ0v) is 19.9. The normalized spacial score (nSPS) is 24.1. The van der Waals surface area contributed by atoms with Crippen molar-refractivity contribution < 1.29 is 14.6 Å². The second-order valence-electron chi connectivity index (χ2n) is 9.22. The fourth-order valence-electron chi connectivity index (χ4n) is 4.85. The first-order chi connectivity index (χ1) is 17.0. The predicted octanol–water partition coefficient (Wildman–Crippen LogP) is 2.06. The third-order valence-corrected chi connectivity index (χ3v) is 7.13. The van der Waals surface area contributed by atoms with Crippen LogP contribution in [0.3, 0.4) is 0 Å². The van der Waals surface area contributed by atoms with Gasteiger partial charge in [0.05, 0.1) is 24.4 Å². The summed E-state index contributed by atoms with van der Waals surface area (Å²) in [7, 11) is 3.48. The van der Waals surface area contributed by atoms with Gasteiger partial charge in [0.2, 0.25) is 0 Å². The Morgan fingerprint density at radius 3 is 2.66 bits per heavy atom. The van der Waals surface area contributed by atoms with Gasteiger partial charge in [-0.05, 0) is 50.7 Å². The molecular formula is C24H31N7O4. The lowest BCUT2D eigenvalue weighted by Crippen LogP contribution is -2.50. The monoisotopic (exact) mass is 481 g/mol. The van der Waals surface area contributed by atoms with E-state index in [4.69, 9.17) is 4.74 Å². The van der Waals surface area contributed by atoms with Crippen LogP contribution in [0.15, 0.2) is 35.4 Å². The maximum absolute atomic E-state index is 13.3. The molecule has 4 N–H and O–H groups in total. The average molecular weight is 482 g/mol. The molecule has 3 heterocycles. The maximum Gasteiger partial charge on any atom is 0.274 e. The largest absolute Gasteiger partial charge is 0.391 e. The fourth-order valence-corrected chi connectivity index (χ4v) is 4.85. The summed E-state index contributed by atoms with van der Waals surface area (Å²) in [5.74, 6) is 0.677. The summed E-state index contributed by atoms with van der Waals surface area (Å²) < 4.78 is 8.78. The lowest BCUT2D eigenvalue weighted by molar-refractivity contribution is 0.0448. The average Bonchev–Trinajstić information content (AvgIpc) is 3.31. The number of amides is 1. The number of carbonyl (C=O) groups is 1. The van der Waals surface area contributed by atoms with Crippen molar-refractivity contribution in [3.8, 4) is 0 Å². The summed E-state index contributed by atoms with van der Waals surface area (Å²) in [5.41, 5.74) is 0.930. The summed E-state index contributed by atoms with van der Waals surface area (Å²) in [6, 6.07) is 5.19. The Kier molecular flexibility index (Phi) is 6.44. The van der Waals surface area contributed by atoms with E-state index in [0.717, 1.165) is 32.1 Å². The van der Waals surface area contributed by atoms with Crippen molar-refractivity contribution in [2.75, 3.05) is 24.8 Å². The number of carbonyl (C=O) groups excluding carboxylic acids is 1. The molecule has 0 spiro atoms. The highest BCUT2D eigenvalue weighted by atomic mass is 16.5. The number of methoxy groups -OCH3 is 1. The van der Waals surface area contributed by atoms with Crippen LogP contribution in [-0.4, -0.2) is 62.6 Å². The molecule has 35 heavy (non-hydrogen) atoms. The van der Waals surface area contributed by atoms with Crippen molar-refractivity contribution >= 4 is 28.9 Å². The van der Waals surface area contributed by atoms with Crippen molar-refractivity contribution in [1.82, 2.24) is 24.5 Å². The Morgan fingerprint density at radius 2 is 2.00 bits per heavy atom. The molecule has 0 saturated heterocycles. The van der Waals surface area contributed by atoms with Crippen LogP contribution in [0.1, 0.15) is 54.9 Å². The maximum atomic E-state index is 13.3. The molecule has 0 radical (unpaired) electrons. The van der Waals surface area contributed by atoms with Crippen LogP contribution in [0, 0.1) is 0 Å². The fraction of sp³-hybridized carbons (Fsp3) is 0.500. The lowest BCUT2D eigenvalue weighted by Gasteiger charge is -2.32. The molecule has 3 aromatic heterocycles. The van der Waals surface area contributed by atoms with Gasteiger partial charge < -0.3 is 30.4 Å². The standard InChI is InChI=1S/C24H31N7O4/c1-25-21-12-20(29-22-16(13-26-31(21)22)23(33)28-17-9-10-19(17)32)27-18-4-3-11-30(24(18)34)14-5-7-15(35-2)8-6-14/h3-4,11-15,17,19,25,32H,5-10H2,1-2H3,(H,27,29)(H,28,33)/t14-,15+,17-,19-/m1/s1. The summed E-state index contributed by atoms with van der Waals surface area (Å²) in [6.07, 6.45) is 8.07. The van der Waals surface area contributed by atoms with Gasteiger partial charge in [-0.2, -0.15) is 9.61 Å². The van der Waals surface area contributed by atoms with Gasteiger partial charge in [-0.25, -0.2) is 4.98 Å². The Morgan fingerprint density at radius 1 is 1.20 bits per heavy atom. The van der Waals surface area contributed by atoms with Crippen LogP contribution < -0.4 is 21.5 Å². The summed E-state index contributed by atoms with van der Waals surface area (Å²) in [6.45, 7) is 0. The van der Waals surface area contributed by atoms with Gasteiger partial charge in [0.1, 0.15) is 22.9 Å². The van der Waals surface area contributed by atoms with E-state index >= 15 is 0 Å². The van der Waals surface area contributed by atoms with E-state index in [1.54, 1.807) is 30.9 Å².